The molecule has 0 saturated heterocycles. The number of halogens is 1. The number of nitrogens with zero attached hydrogens (tertiary/aromatic N) is 1. The van der Waals surface area contributed by atoms with Crippen LogP contribution in [-0.4, -0.2) is 16.0 Å². The van der Waals surface area contributed by atoms with Gasteiger partial charge in [0.05, 0.1) is 0 Å². The summed E-state index contributed by atoms with van der Waals surface area (Å²) in [5.74, 6) is 0.216. The highest BCUT2D eigenvalue weighted by atomic mass is 35.5. The van der Waals surface area contributed by atoms with Crippen molar-refractivity contribution < 1.29 is 9.21 Å². The molecule has 0 aliphatic heterocycles. The largest absolute Gasteiger partial charge is 0.436 e. The maximum atomic E-state index is 12.4. The first-order valence-electron chi connectivity index (χ1n) is 8.84. The Morgan fingerprint density at radius 1 is 1.07 bits per heavy atom. The molecule has 0 aliphatic rings. The molecule has 0 saturated carbocycles. The molecular weight excluding hydrogens is 406 g/mol. The van der Waals surface area contributed by atoms with Crippen LogP contribution in [0.5, 0.6) is 0 Å². The molecular formula is C22H16ClN3O2S. The maximum absolute atomic E-state index is 12.4. The maximum Gasteiger partial charge on any atom is 0.257 e. The zero-order valence-corrected chi connectivity index (χ0v) is 17.0. The van der Waals surface area contributed by atoms with E-state index in [2.05, 4.69) is 15.6 Å². The summed E-state index contributed by atoms with van der Waals surface area (Å²) in [6.45, 7) is 1.88. The minimum absolute atomic E-state index is 0.208. The second-order valence-electron chi connectivity index (χ2n) is 6.44. The number of aromatic nitrogens is 1. The van der Waals surface area contributed by atoms with E-state index >= 15 is 0 Å². The van der Waals surface area contributed by atoms with Crippen molar-refractivity contribution in [3.05, 3.63) is 82.9 Å². The van der Waals surface area contributed by atoms with Gasteiger partial charge in [-0.25, -0.2) is 4.98 Å². The molecule has 3 aromatic carbocycles. The molecule has 1 heterocycles. The molecule has 2 N–H and O–H groups in total. The van der Waals surface area contributed by atoms with E-state index in [1.54, 1.807) is 24.3 Å². The number of anilines is 1. The number of oxazole rings is 1. The van der Waals surface area contributed by atoms with Crippen molar-refractivity contribution in [2.24, 2.45) is 0 Å². The van der Waals surface area contributed by atoms with E-state index in [1.807, 2.05) is 49.4 Å². The molecule has 1 aromatic heterocycles. The topological polar surface area (TPSA) is 67.2 Å². The van der Waals surface area contributed by atoms with Gasteiger partial charge in [-0.2, -0.15) is 0 Å². The smallest absolute Gasteiger partial charge is 0.257 e. The van der Waals surface area contributed by atoms with Gasteiger partial charge in [0.1, 0.15) is 5.52 Å². The van der Waals surface area contributed by atoms with Crippen LogP contribution in [0.3, 0.4) is 0 Å². The molecule has 4 aromatic rings. The lowest BCUT2D eigenvalue weighted by atomic mass is 10.1. The zero-order chi connectivity index (χ0) is 20.4. The highest BCUT2D eigenvalue weighted by Gasteiger charge is 2.12. The Kier molecular flexibility index (Phi) is 5.29. The van der Waals surface area contributed by atoms with Gasteiger partial charge in [-0.15, -0.1) is 0 Å². The third kappa shape index (κ3) is 4.29. The number of benzene rings is 3. The molecule has 0 radical (unpaired) electrons. The first-order valence-corrected chi connectivity index (χ1v) is 9.63. The minimum Gasteiger partial charge on any atom is -0.436 e. The van der Waals surface area contributed by atoms with Gasteiger partial charge in [-0.05, 0) is 67.2 Å². The van der Waals surface area contributed by atoms with Crippen LogP contribution in [-0.2, 0) is 0 Å². The number of fused-ring (bicyclic) bond motifs is 1. The summed E-state index contributed by atoms with van der Waals surface area (Å²) in [4.78, 5) is 16.9. The number of carbonyl (C=O) groups is 1. The standard InChI is InChI=1S/C22H16ClN3O2S/c1-13-5-2-3-8-17(13)20(27)26-22(29)24-16-7-4-6-14(11-16)21-25-18-12-15(23)9-10-19(18)28-21/h2-12H,1H3,(H2,24,26,27,29). The van der Waals surface area contributed by atoms with E-state index in [4.69, 9.17) is 28.2 Å². The Bertz CT molecular complexity index is 1240. The Labute approximate surface area is 177 Å². The third-order valence-corrected chi connectivity index (χ3v) is 4.77. The highest BCUT2D eigenvalue weighted by molar-refractivity contribution is 7.80. The molecule has 29 heavy (non-hydrogen) atoms. The first-order chi connectivity index (χ1) is 14.0. The molecule has 0 unspecified atom stereocenters. The second-order valence-corrected chi connectivity index (χ2v) is 7.28. The van der Waals surface area contributed by atoms with Crippen molar-refractivity contribution in [2.75, 3.05) is 5.32 Å². The van der Waals surface area contributed by atoms with E-state index in [9.17, 15) is 4.79 Å². The molecule has 0 bridgehead atoms. The van der Waals surface area contributed by atoms with Gasteiger partial charge in [0.15, 0.2) is 10.7 Å². The third-order valence-electron chi connectivity index (χ3n) is 4.33. The molecule has 0 fully saturated rings. The van der Waals surface area contributed by atoms with Crippen molar-refractivity contribution >= 4 is 51.6 Å². The number of amides is 1. The fourth-order valence-electron chi connectivity index (χ4n) is 2.91. The van der Waals surface area contributed by atoms with Gasteiger partial charge in [-0.3, -0.25) is 10.1 Å². The number of thiocarbonyl (C=S) groups is 1. The highest BCUT2D eigenvalue weighted by Crippen LogP contribution is 2.27. The van der Waals surface area contributed by atoms with Gasteiger partial charge in [0.25, 0.3) is 5.91 Å². The molecule has 0 spiro atoms. The molecule has 144 valence electrons. The molecule has 7 heteroatoms. The predicted molar refractivity (Wildman–Crippen MR) is 119 cm³/mol. The Hall–Kier alpha value is -3.22. The van der Waals surface area contributed by atoms with Gasteiger partial charge < -0.3 is 9.73 Å². The molecule has 1 amide bonds. The summed E-state index contributed by atoms with van der Waals surface area (Å²) in [5.41, 5.74) is 4.28. The monoisotopic (exact) mass is 421 g/mol. The van der Waals surface area contributed by atoms with Crippen molar-refractivity contribution in [3.8, 4) is 11.5 Å². The van der Waals surface area contributed by atoms with Crippen LogP contribution in [0.2, 0.25) is 5.02 Å². The Morgan fingerprint density at radius 2 is 1.90 bits per heavy atom. The van der Waals surface area contributed by atoms with E-state index < -0.39 is 0 Å². The van der Waals surface area contributed by atoms with Gasteiger partial charge in [0, 0.05) is 21.8 Å². The normalized spacial score (nSPS) is 10.7. The number of aryl methyl sites for hydroxylation is 1. The van der Waals surface area contributed by atoms with Crippen molar-refractivity contribution in [1.29, 1.82) is 0 Å². The Morgan fingerprint density at radius 3 is 2.72 bits per heavy atom. The first kappa shape index (κ1) is 19.1. The molecule has 5 nitrogen and oxygen atoms in total. The SMILES string of the molecule is Cc1ccccc1C(=O)NC(=S)Nc1cccc(-c2nc3cc(Cl)ccc3o2)c1. The summed E-state index contributed by atoms with van der Waals surface area (Å²) in [5, 5.41) is 6.53. The summed E-state index contributed by atoms with van der Waals surface area (Å²) in [6, 6.07) is 20.0. The fourth-order valence-corrected chi connectivity index (χ4v) is 3.29. The predicted octanol–water partition coefficient (Wildman–Crippen LogP) is 5.58. The lowest BCUT2D eigenvalue weighted by Crippen LogP contribution is -2.34. The van der Waals surface area contributed by atoms with Gasteiger partial charge in [-0.1, -0.05) is 35.9 Å². The van der Waals surface area contributed by atoms with E-state index in [1.165, 1.54) is 0 Å². The molecule has 0 aliphatic carbocycles. The van der Waals surface area contributed by atoms with E-state index in [0.29, 0.717) is 33.3 Å². The van der Waals surface area contributed by atoms with Crippen LogP contribution in [0, 0.1) is 6.92 Å². The lowest BCUT2D eigenvalue weighted by Gasteiger charge is -2.11. The zero-order valence-electron chi connectivity index (χ0n) is 15.4. The number of rotatable bonds is 3. The van der Waals surface area contributed by atoms with Crippen LogP contribution in [0.4, 0.5) is 5.69 Å². The van der Waals surface area contributed by atoms with Gasteiger partial charge in [0.2, 0.25) is 5.89 Å². The summed E-state index contributed by atoms with van der Waals surface area (Å²) >= 11 is 11.3. The van der Waals surface area contributed by atoms with Crippen LogP contribution >= 0.6 is 23.8 Å². The van der Waals surface area contributed by atoms with Crippen LogP contribution in [0.1, 0.15) is 15.9 Å². The van der Waals surface area contributed by atoms with Gasteiger partial charge >= 0.3 is 0 Å². The van der Waals surface area contributed by atoms with Crippen molar-refractivity contribution in [2.45, 2.75) is 6.92 Å². The molecule has 0 atom stereocenters. The minimum atomic E-state index is -0.257. The van der Waals surface area contributed by atoms with Crippen LogP contribution in [0.25, 0.3) is 22.6 Å². The average Bonchev–Trinajstić information content (AvgIpc) is 3.11. The summed E-state index contributed by atoms with van der Waals surface area (Å²) < 4.78 is 5.80. The number of nitrogens with one attached hydrogen (secondary N) is 2. The van der Waals surface area contributed by atoms with E-state index in [-0.39, 0.29) is 11.0 Å². The Balaban J connectivity index is 1.50. The van der Waals surface area contributed by atoms with Crippen molar-refractivity contribution in [1.82, 2.24) is 10.3 Å². The quantitative estimate of drug-likeness (QED) is 0.422. The van der Waals surface area contributed by atoms with E-state index in [0.717, 1.165) is 11.1 Å². The molecule has 4 rings (SSSR count). The van der Waals surface area contributed by atoms with Crippen LogP contribution in [0.15, 0.2) is 71.1 Å². The van der Waals surface area contributed by atoms with Crippen molar-refractivity contribution in [3.63, 3.8) is 0 Å². The second kappa shape index (κ2) is 8.03. The van der Waals surface area contributed by atoms with Crippen LogP contribution < -0.4 is 10.6 Å². The lowest BCUT2D eigenvalue weighted by molar-refractivity contribution is 0.0977. The number of hydrogen-bond acceptors (Lipinski definition) is 4. The average molecular weight is 422 g/mol. The summed E-state index contributed by atoms with van der Waals surface area (Å²) in [7, 11) is 0. The number of carbonyl (C=O) groups excluding carboxylic acids is 1. The summed E-state index contributed by atoms with van der Waals surface area (Å²) in [6.07, 6.45) is 0. The fraction of sp³-hybridized carbons (Fsp3) is 0.0455. The number of hydrogen-bond donors (Lipinski definition) is 2.